The first-order chi connectivity index (χ1) is 5.66. The zero-order valence-electron chi connectivity index (χ0n) is 6.35. The van der Waals surface area contributed by atoms with Gasteiger partial charge in [0.1, 0.15) is 0 Å². The van der Waals surface area contributed by atoms with E-state index in [-0.39, 0.29) is 0 Å². The highest BCUT2D eigenvalue weighted by Gasteiger charge is 2.02. The van der Waals surface area contributed by atoms with Gasteiger partial charge in [0.05, 0.1) is 15.2 Å². The molecule has 12 heavy (non-hydrogen) atoms. The maximum atomic E-state index is 6.00. The molecule has 0 bridgehead atoms. The van der Waals surface area contributed by atoms with Gasteiger partial charge in [0.2, 0.25) is 0 Å². The van der Waals surface area contributed by atoms with Crippen molar-refractivity contribution < 1.29 is 0 Å². The van der Waals surface area contributed by atoms with Crippen molar-refractivity contribution in [3.63, 3.8) is 0 Å². The van der Waals surface area contributed by atoms with Crippen LogP contribution < -0.4 is 0 Å². The van der Waals surface area contributed by atoms with Gasteiger partial charge >= 0.3 is 0 Å². The molecular formula is C8H6ClNS2. The van der Waals surface area contributed by atoms with Gasteiger partial charge in [0.15, 0.2) is 3.95 Å². The molecule has 0 aliphatic carbocycles. The molecule has 2 aromatic rings. The Morgan fingerprint density at radius 2 is 2.25 bits per heavy atom. The molecule has 0 fully saturated rings. The first kappa shape index (κ1) is 8.23. The topological polar surface area (TPSA) is 15.8 Å². The molecule has 0 saturated carbocycles. The predicted octanol–water partition coefficient (Wildman–Crippen LogP) is 3.92. The predicted molar refractivity (Wildman–Crippen MR) is 56.8 cm³/mol. The third kappa shape index (κ3) is 1.28. The zero-order valence-corrected chi connectivity index (χ0v) is 8.74. The van der Waals surface area contributed by atoms with Crippen LogP contribution in [0.5, 0.6) is 0 Å². The fourth-order valence-corrected chi connectivity index (χ4v) is 2.75. The van der Waals surface area contributed by atoms with E-state index < -0.39 is 0 Å². The molecule has 0 aliphatic heterocycles. The van der Waals surface area contributed by atoms with Crippen molar-refractivity contribution in [2.75, 3.05) is 0 Å². The van der Waals surface area contributed by atoms with E-state index >= 15 is 0 Å². The van der Waals surface area contributed by atoms with Crippen molar-refractivity contribution in [3.05, 3.63) is 26.7 Å². The number of nitrogens with one attached hydrogen (secondary N) is 1. The summed E-state index contributed by atoms with van der Waals surface area (Å²) in [5, 5.41) is 0.748. The van der Waals surface area contributed by atoms with E-state index in [1.54, 1.807) is 11.3 Å². The van der Waals surface area contributed by atoms with Gasteiger partial charge in [-0.05, 0) is 36.8 Å². The Balaban J connectivity index is 2.97. The third-order valence-corrected chi connectivity index (χ3v) is 3.11. The number of aryl methyl sites for hydroxylation is 1. The first-order valence-corrected chi connectivity index (χ1v) is 5.06. The van der Waals surface area contributed by atoms with Crippen LogP contribution >= 0.6 is 35.2 Å². The van der Waals surface area contributed by atoms with Crippen LogP contribution in [-0.2, 0) is 0 Å². The Labute approximate surface area is 84.0 Å². The fraction of sp³-hybridized carbons (Fsp3) is 0.125. The molecule has 0 aliphatic rings. The molecule has 0 unspecified atom stereocenters. The highest BCUT2D eigenvalue weighted by Crippen LogP contribution is 2.27. The summed E-state index contributed by atoms with van der Waals surface area (Å²) in [6, 6.07) is 4.01. The lowest BCUT2D eigenvalue weighted by Gasteiger charge is -1.94. The molecular weight excluding hydrogens is 210 g/mol. The monoisotopic (exact) mass is 215 g/mol. The van der Waals surface area contributed by atoms with Crippen molar-refractivity contribution >= 4 is 45.4 Å². The quantitative estimate of drug-likeness (QED) is 0.659. The van der Waals surface area contributed by atoms with E-state index in [0.717, 1.165) is 24.8 Å². The molecule has 0 amide bonds. The van der Waals surface area contributed by atoms with Crippen LogP contribution in [0.25, 0.3) is 10.2 Å². The Morgan fingerprint density at radius 1 is 1.50 bits per heavy atom. The number of thiazole rings is 1. The second kappa shape index (κ2) is 2.83. The van der Waals surface area contributed by atoms with E-state index in [1.807, 2.05) is 13.0 Å². The number of aromatic amines is 1. The number of hydrogen-bond donors (Lipinski definition) is 1. The molecule has 0 saturated heterocycles. The standard InChI is InChI=1S/C8H6ClNS2/c1-4-2-5(9)7-6(3-4)12-8(11)10-7/h2-3H,1H3,(H,10,11). The second-order valence-electron chi connectivity index (χ2n) is 2.63. The van der Waals surface area contributed by atoms with E-state index in [1.165, 1.54) is 0 Å². The Hall–Kier alpha value is -0.380. The lowest BCUT2D eigenvalue weighted by Crippen LogP contribution is -1.73. The molecule has 1 aromatic carbocycles. The van der Waals surface area contributed by atoms with E-state index in [2.05, 4.69) is 11.1 Å². The normalized spacial score (nSPS) is 10.8. The largest absolute Gasteiger partial charge is 0.336 e. The van der Waals surface area contributed by atoms with Crippen LogP contribution in [0.4, 0.5) is 0 Å². The summed E-state index contributed by atoms with van der Waals surface area (Å²) >= 11 is 12.6. The summed E-state index contributed by atoms with van der Waals surface area (Å²) in [7, 11) is 0. The lowest BCUT2D eigenvalue weighted by molar-refractivity contribution is 1.45. The highest BCUT2D eigenvalue weighted by atomic mass is 35.5. The number of rotatable bonds is 0. The third-order valence-electron chi connectivity index (χ3n) is 1.63. The van der Waals surface area contributed by atoms with Crippen LogP contribution in [0.2, 0.25) is 5.02 Å². The summed E-state index contributed by atoms with van der Waals surface area (Å²) in [6.45, 7) is 2.02. The maximum absolute atomic E-state index is 6.00. The minimum absolute atomic E-state index is 0.748. The van der Waals surface area contributed by atoms with Gasteiger partial charge in [-0.3, -0.25) is 0 Å². The number of halogens is 1. The smallest absolute Gasteiger partial charge is 0.159 e. The molecule has 0 atom stereocenters. The van der Waals surface area contributed by atoms with Crippen molar-refractivity contribution in [2.45, 2.75) is 6.92 Å². The van der Waals surface area contributed by atoms with Crippen LogP contribution in [0, 0.1) is 10.9 Å². The van der Waals surface area contributed by atoms with Gasteiger partial charge in [-0.1, -0.05) is 11.6 Å². The lowest BCUT2D eigenvalue weighted by atomic mass is 10.2. The Bertz CT molecular complexity index is 483. The maximum Gasteiger partial charge on any atom is 0.159 e. The van der Waals surface area contributed by atoms with Crippen LogP contribution in [0.15, 0.2) is 12.1 Å². The number of aromatic nitrogens is 1. The SMILES string of the molecule is Cc1cc(Cl)c2[nH]c(=S)sc2c1. The Kier molecular flexibility index (Phi) is 1.94. The minimum Gasteiger partial charge on any atom is -0.336 e. The van der Waals surface area contributed by atoms with E-state index in [0.29, 0.717) is 0 Å². The molecule has 4 heteroatoms. The van der Waals surface area contributed by atoms with Crippen molar-refractivity contribution in [3.8, 4) is 0 Å². The summed E-state index contributed by atoms with van der Waals surface area (Å²) in [6.07, 6.45) is 0. The van der Waals surface area contributed by atoms with Gasteiger partial charge in [-0.25, -0.2) is 0 Å². The second-order valence-corrected chi connectivity index (χ2v) is 4.76. The molecule has 1 nitrogen and oxygen atoms in total. The van der Waals surface area contributed by atoms with Gasteiger partial charge in [-0.15, -0.1) is 11.3 Å². The molecule has 1 N–H and O–H groups in total. The molecule has 62 valence electrons. The average Bonchev–Trinajstić information content (AvgIpc) is 2.29. The fourth-order valence-electron chi connectivity index (χ4n) is 1.14. The van der Waals surface area contributed by atoms with Crippen molar-refractivity contribution in [2.24, 2.45) is 0 Å². The number of benzene rings is 1. The first-order valence-electron chi connectivity index (χ1n) is 3.46. The molecule has 1 heterocycles. The molecule has 0 radical (unpaired) electrons. The number of fused-ring (bicyclic) bond motifs is 1. The van der Waals surface area contributed by atoms with Crippen LogP contribution in [0.1, 0.15) is 5.56 Å². The molecule has 2 rings (SSSR count). The summed E-state index contributed by atoms with van der Waals surface area (Å²) in [4.78, 5) is 3.06. The number of H-pyrrole nitrogens is 1. The van der Waals surface area contributed by atoms with Gasteiger partial charge in [-0.2, -0.15) is 0 Å². The van der Waals surface area contributed by atoms with E-state index in [4.69, 9.17) is 23.8 Å². The van der Waals surface area contributed by atoms with Gasteiger partial charge in [0.25, 0.3) is 0 Å². The van der Waals surface area contributed by atoms with Gasteiger partial charge < -0.3 is 4.98 Å². The summed E-state index contributed by atoms with van der Waals surface area (Å²) in [5.74, 6) is 0. The van der Waals surface area contributed by atoms with Crippen LogP contribution in [-0.4, -0.2) is 4.98 Å². The van der Waals surface area contributed by atoms with Crippen molar-refractivity contribution in [1.82, 2.24) is 4.98 Å². The molecule has 0 spiro atoms. The zero-order chi connectivity index (χ0) is 8.72. The summed E-state index contributed by atoms with van der Waals surface area (Å²) < 4.78 is 1.91. The number of hydrogen-bond acceptors (Lipinski definition) is 2. The van der Waals surface area contributed by atoms with Crippen molar-refractivity contribution in [1.29, 1.82) is 0 Å². The molecule has 1 aromatic heterocycles. The highest BCUT2D eigenvalue weighted by molar-refractivity contribution is 7.73. The Morgan fingerprint density at radius 3 is 3.00 bits per heavy atom. The minimum atomic E-state index is 0.748. The average molecular weight is 216 g/mol. The summed E-state index contributed by atoms with van der Waals surface area (Å²) in [5.41, 5.74) is 2.12. The van der Waals surface area contributed by atoms with Gasteiger partial charge in [0, 0.05) is 0 Å². The van der Waals surface area contributed by atoms with Crippen LogP contribution in [0.3, 0.4) is 0 Å². The van der Waals surface area contributed by atoms with E-state index in [9.17, 15) is 0 Å².